The number of aromatic nitrogens is 2. The van der Waals surface area contributed by atoms with Crippen LogP contribution >= 0.6 is 0 Å². The Bertz CT molecular complexity index is 634. The van der Waals surface area contributed by atoms with Gasteiger partial charge < -0.3 is 15.2 Å². The van der Waals surface area contributed by atoms with Crippen molar-refractivity contribution in [2.75, 3.05) is 18.9 Å². The van der Waals surface area contributed by atoms with Gasteiger partial charge in [-0.05, 0) is 24.1 Å². The molecule has 21 heavy (non-hydrogen) atoms. The van der Waals surface area contributed by atoms with Gasteiger partial charge in [0, 0.05) is 24.7 Å². The molecule has 3 rings (SSSR count). The summed E-state index contributed by atoms with van der Waals surface area (Å²) in [5, 5.41) is 4.59. The zero-order valence-electron chi connectivity index (χ0n) is 12.5. The lowest BCUT2D eigenvalue weighted by Gasteiger charge is -2.08. The predicted octanol–water partition coefficient (Wildman–Crippen LogP) is 2.95. The molecule has 2 N–H and O–H groups in total. The van der Waals surface area contributed by atoms with Crippen molar-refractivity contribution in [3.05, 3.63) is 24.4 Å². The normalized spacial score (nSPS) is 14.2. The number of anilines is 1. The molecule has 0 aliphatic carbocycles. The maximum atomic E-state index is 6.10. The van der Waals surface area contributed by atoms with Gasteiger partial charge in [-0.3, -0.25) is 4.68 Å². The van der Waals surface area contributed by atoms with Crippen molar-refractivity contribution < 1.29 is 9.47 Å². The van der Waals surface area contributed by atoms with Crippen LogP contribution in [0.4, 0.5) is 5.69 Å². The van der Waals surface area contributed by atoms with Gasteiger partial charge in [0.05, 0.1) is 18.9 Å². The van der Waals surface area contributed by atoms with Gasteiger partial charge in [0.15, 0.2) is 11.5 Å². The van der Waals surface area contributed by atoms with Crippen LogP contribution in [0, 0.1) is 5.92 Å². The maximum Gasteiger partial charge on any atom is 0.161 e. The van der Waals surface area contributed by atoms with Crippen LogP contribution < -0.4 is 15.2 Å². The summed E-state index contributed by atoms with van der Waals surface area (Å²) in [6.07, 6.45) is 2.79. The van der Waals surface area contributed by atoms with Crippen molar-refractivity contribution >= 4 is 5.69 Å². The minimum absolute atomic E-state index is 0.529. The number of rotatable bonds is 3. The smallest absolute Gasteiger partial charge is 0.161 e. The minimum atomic E-state index is 0.529. The third kappa shape index (κ3) is 2.96. The van der Waals surface area contributed by atoms with Gasteiger partial charge in [-0.2, -0.15) is 5.10 Å². The van der Waals surface area contributed by atoms with Crippen LogP contribution in [0.25, 0.3) is 11.3 Å². The summed E-state index contributed by atoms with van der Waals surface area (Å²) in [5.74, 6) is 2.08. The van der Waals surface area contributed by atoms with E-state index in [0.29, 0.717) is 24.8 Å². The number of fused-ring (bicyclic) bond motifs is 1. The quantitative estimate of drug-likeness (QED) is 0.942. The van der Waals surface area contributed by atoms with Crippen LogP contribution in [0.2, 0.25) is 0 Å². The molecular formula is C16H21N3O2. The van der Waals surface area contributed by atoms with Crippen LogP contribution in [0.5, 0.6) is 11.5 Å². The molecular weight excluding hydrogens is 266 g/mol. The van der Waals surface area contributed by atoms with E-state index in [1.807, 2.05) is 29.1 Å². The molecule has 1 aromatic carbocycles. The predicted molar refractivity (Wildman–Crippen MR) is 82.5 cm³/mol. The lowest BCUT2D eigenvalue weighted by Crippen LogP contribution is -2.04. The summed E-state index contributed by atoms with van der Waals surface area (Å²) >= 11 is 0. The molecule has 5 heteroatoms. The van der Waals surface area contributed by atoms with E-state index >= 15 is 0 Å². The van der Waals surface area contributed by atoms with Crippen LogP contribution in [0.1, 0.15) is 20.3 Å². The molecule has 112 valence electrons. The van der Waals surface area contributed by atoms with Crippen molar-refractivity contribution in [3.63, 3.8) is 0 Å². The summed E-state index contributed by atoms with van der Waals surface area (Å²) < 4.78 is 13.3. The highest BCUT2D eigenvalue weighted by Gasteiger charge is 2.15. The van der Waals surface area contributed by atoms with Crippen LogP contribution in [-0.4, -0.2) is 23.0 Å². The van der Waals surface area contributed by atoms with E-state index in [-0.39, 0.29) is 0 Å². The monoisotopic (exact) mass is 287 g/mol. The molecule has 0 spiro atoms. The standard InChI is InChI=1S/C16H21N3O2/c1-11(2)9-19-10-13(17)16(18-19)12-4-5-14-15(8-12)21-7-3-6-20-14/h4-5,8,10-11H,3,6-7,9,17H2,1-2H3. The molecule has 1 aromatic heterocycles. The Kier molecular flexibility index (Phi) is 3.73. The molecule has 2 heterocycles. The highest BCUT2D eigenvalue weighted by atomic mass is 16.5. The fraction of sp³-hybridized carbons (Fsp3) is 0.438. The molecule has 0 amide bonds. The Morgan fingerprint density at radius 1 is 1.24 bits per heavy atom. The molecule has 0 fully saturated rings. The second-order valence-corrected chi connectivity index (χ2v) is 5.76. The summed E-state index contributed by atoms with van der Waals surface area (Å²) in [6, 6.07) is 5.86. The number of hydrogen-bond acceptors (Lipinski definition) is 4. The lowest BCUT2D eigenvalue weighted by atomic mass is 10.1. The second-order valence-electron chi connectivity index (χ2n) is 5.76. The first kappa shape index (κ1) is 13.8. The molecule has 5 nitrogen and oxygen atoms in total. The highest BCUT2D eigenvalue weighted by molar-refractivity contribution is 5.74. The lowest BCUT2D eigenvalue weighted by molar-refractivity contribution is 0.297. The van der Waals surface area contributed by atoms with E-state index in [4.69, 9.17) is 15.2 Å². The number of nitrogens with two attached hydrogens (primary N) is 1. The third-order valence-corrected chi connectivity index (χ3v) is 3.36. The zero-order chi connectivity index (χ0) is 14.8. The first-order valence-corrected chi connectivity index (χ1v) is 7.36. The van der Waals surface area contributed by atoms with Gasteiger partial charge in [0.25, 0.3) is 0 Å². The molecule has 1 aliphatic rings. The van der Waals surface area contributed by atoms with E-state index in [2.05, 4.69) is 18.9 Å². The first-order chi connectivity index (χ1) is 10.1. The van der Waals surface area contributed by atoms with Crippen LogP contribution in [-0.2, 0) is 6.54 Å². The summed E-state index contributed by atoms with van der Waals surface area (Å²) in [6.45, 7) is 6.54. The Hall–Kier alpha value is -2.17. The Morgan fingerprint density at radius 3 is 2.76 bits per heavy atom. The average Bonchev–Trinajstić information content (AvgIpc) is 2.67. The van der Waals surface area contributed by atoms with Crippen molar-refractivity contribution in [3.8, 4) is 22.8 Å². The average molecular weight is 287 g/mol. The van der Waals surface area contributed by atoms with Crippen molar-refractivity contribution in [2.24, 2.45) is 5.92 Å². The molecule has 0 atom stereocenters. The molecule has 1 aliphatic heterocycles. The van der Waals surface area contributed by atoms with Crippen LogP contribution in [0.3, 0.4) is 0 Å². The SMILES string of the molecule is CC(C)Cn1cc(N)c(-c2ccc3c(c2)OCCCO3)n1. The second kappa shape index (κ2) is 5.68. The van der Waals surface area contributed by atoms with E-state index in [9.17, 15) is 0 Å². The first-order valence-electron chi connectivity index (χ1n) is 7.36. The number of nitrogens with zero attached hydrogens (tertiary/aromatic N) is 2. The van der Waals surface area contributed by atoms with Crippen molar-refractivity contribution in [1.29, 1.82) is 0 Å². The number of nitrogen functional groups attached to an aromatic ring is 1. The third-order valence-electron chi connectivity index (χ3n) is 3.36. The van der Waals surface area contributed by atoms with Gasteiger partial charge in [-0.15, -0.1) is 0 Å². The van der Waals surface area contributed by atoms with E-state index in [1.165, 1.54) is 0 Å². The largest absolute Gasteiger partial charge is 0.490 e. The van der Waals surface area contributed by atoms with E-state index in [0.717, 1.165) is 35.7 Å². The molecule has 0 bridgehead atoms. The molecule has 0 saturated heterocycles. The minimum Gasteiger partial charge on any atom is -0.490 e. The van der Waals surface area contributed by atoms with Gasteiger partial charge in [0.2, 0.25) is 0 Å². The highest BCUT2D eigenvalue weighted by Crippen LogP contribution is 2.35. The number of benzene rings is 1. The molecule has 0 saturated carbocycles. The van der Waals surface area contributed by atoms with Crippen molar-refractivity contribution in [2.45, 2.75) is 26.8 Å². The number of ether oxygens (including phenoxy) is 2. The Labute approximate surface area is 124 Å². The zero-order valence-corrected chi connectivity index (χ0v) is 12.5. The maximum absolute atomic E-state index is 6.10. The van der Waals surface area contributed by atoms with Gasteiger partial charge in [0.1, 0.15) is 5.69 Å². The number of hydrogen-bond donors (Lipinski definition) is 1. The van der Waals surface area contributed by atoms with E-state index in [1.54, 1.807) is 0 Å². The summed E-state index contributed by atoms with van der Waals surface area (Å²) in [7, 11) is 0. The van der Waals surface area contributed by atoms with Crippen LogP contribution in [0.15, 0.2) is 24.4 Å². The van der Waals surface area contributed by atoms with Gasteiger partial charge in [-0.25, -0.2) is 0 Å². The van der Waals surface area contributed by atoms with Crippen molar-refractivity contribution in [1.82, 2.24) is 9.78 Å². The fourth-order valence-electron chi connectivity index (χ4n) is 2.44. The molecule has 2 aromatic rings. The topological polar surface area (TPSA) is 62.3 Å². The molecule has 0 unspecified atom stereocenters. The molecule has 0 radical (unpaired) electrons. The summed E-state index contributed by atoms with van der Waals surface area (Å²) in [5.41, 5.74) is 8.54. The Balaban J connectivity index is 1.93. The van der Waals surface area contributed by atoms with Gasteiger partial charge in [-0.1, -0.05) is 13.8 Å². The Morgan fingerprint density at radius 2 is 2.00 bits per heavy atom. The van der Waals surface area contributed by atoms with E-state index < -0.39 is 0 Å². The van der Waals surface area contributed by atoms with Gasteiger partial charge >= 0.3 is 0 Å². The summed E-state index contributed by atoms with van der Waals surface area (Å²) in [4.78, 5) is 0. The fourth-order valence-corrected chi connectivity index (χ4v) is 2.44.